The zero-order valence-corrected chi connectivity index (χ0v) is 25.0. The second kappa shape index (κ2) is 10.7. The van der Waals surface area contributed by atoms with Crippen molar-refractivity contribution in [2.24, 2.45) is 0 Å². The first-order valence-electron chi connectivity index (χ1n) is 12.3. The molecular weight excluding hydrogens is 635 g/mol. The summed E-state index contributed by atoms with van der Waals surface area (Å²) in [6.07, 6.45) is 1.17. The van der Waals surface area contributed by atoms with Gasteiger partial charge in [0.1, 0.15) is 0 Å². The molecule has 0 unspecified atom stereocenters. The van der Waals surface area contributed by atoms with Crippen molar-refractivity contribution in [3.63, 3.8) is 0 Å². The summed E-state index contributed by atoms with van der Waals surface area (Å²) in [4.78, 5) is 14.9. The van der Waals surface area contributed by atoms with Crippen LogP contribution in [-0.4, -0.2) is 15.9 Å². The van der Waals surface area contributed by atoms with Gasteiger partial charge in [0.25, 0.3) is 0 Å². The summed E-state index contributed by atoms with van der Waals surface area (Å²) < 4.78 is 0. The van der Waals surface area contributed by atoms with Crippen molar-refractivity contribution < 1.29 is 30.0 Å². The van der Waals surface area contributed by atoms with Crippen molar-refractivity contribution in [1.29, 1.82) is 0 Å². The average Bonchev–Trinajstić information content (AvgIpc) is 3.04. The van der Waals surface area contributed by atoms with E-state index in [9.17, 15) is 4.79 Å². The summed E-state index contributed by atoms with van der Waals surface area (Å²) in [5.41, 5.74) is 9.98. The number of rotatable bonds is 2. The van der Waals surface area contributed by atoms with E-state index < -0.39 is 0 Å². The Morgan fingerprint density at radius 3 is 2.24 bits per heavy atom. The number of aromatic nitrogens is 1. The number of aliphatic hydroxyl groups is 1. The third-order valence-corrected chi connectivity index (χ3v) is 6.76. The molecule has 0 saturated carbocycles. The maximum atomic E-state index is 10.0. The van der Waals surface area contributed by atoms with Crippen LogP contribution in [0.5, 0.6) is 0 Å². The summed E-state index contributed by atoms with van der Waals surface area (Å²) >= 11 is 0. The molecule has 0 spiro atoms. The normalized spacial score (nSPS) is 13.6. The molecule has 0 aliphatic heterocycles. The Bertz CT molecular complexity index is 1490. The van der Waals surface area contributed by atoms with E-state index in [0.29, 0.717) is 0 Å². The van der Waals surface area contributed by atoms with Gasteiger partial charge in [0.05, 0.1) is 11.3 Å². The van der Waals surface area contributed by atoms with Gasteiger partial charge in [-0.1, -0.05) is 94.3 Å². The molecule has 0 fully saturated rings. The first kappa shape index (κ1) is 28.5. The van der Waals surface area contributed by atoms with Crippen LogP contribution in [0.3, 0.4) is 0 Å². The third kappa shape index (κ3) is 5.92. The number of ketones is 1. The van der Waals surface area contributed by atoms with E-state index in [4.69, 9.17) is 10.1 Å². The van der Waals surface area contributed by atoms with Gasteiger partial charge >= 0.3 is 0 Å². The van der Waals surface area contributed by atoms with Gasteiger partial charge in [-0.3, -0.25) is 9.78 Å². The zero-order chi connectivity index (χ0) is 26.3. The maximum absolute atomic E-state index is 10.0. The minimum atomic E-state index is -0.125. The van der Waals surface area contributed by atoms with Crippen LogP contribution >= 0.6 is 0 Å². The number of aliphatic hydroxyl groups excluding tert-OH is 1. The molecule has 1 N–H and O–H groups in total. The van der Waals surface area contributed by atoms with Crippen molar-refractivity contribution in [2.75, 3.05) is 0 Å². The number of nitrogens with zero attached hydrogens (tertiary/aromatic N) is 1. The van der Waals surface area contributed by atoms with E-state index in [2.05, 4.69) is 101 Å². The first-order valence-corrected chi connectivity index (χ1v) is 12.3. The zero-order valence-electron chi connectivity index (χ0n) is 22.6. The second-order valence-corrected chi connectivity index (χ2v) is 11.1. The van der Waals surface area contributed by atoms with Crippen molar-refractivity contribution in [3.8, 4) is 22.4 Å². The maximum Gasteiger partial charge on any atom is 0.155 e. The number of hydrogen-bond acceptors (Lipinski definition) is 3. The van der Waals surface area contributed by atoms with Gasteiger partial charge in [-0.2, -0.15) is 0 Å². The SMILES string of the molecule is CC(=O)/C=C(/C)O.CC(C)(C)c1ccc2c(c1)C(C)(C)c1cc(-c3ccc4ccccc4n3)[c-]cc1-2.[Ir]. The van der Waals surface area contributed by atoms with Gasteiger partial charge in [0, 0.05) is 26.2 Å². The van der Waals surface area contributed by atoms with Crippen LogP contribution in [0.1, 0.15) is 65.2 Å². The van der Waals surface area contributed by atoms with E-state index >= 15 is 0 Å². The predicted octanol–water partition coefficient (Wildman–Crippen LogP) is 8.34. The Labute approximate surface area is 234 Å². The molecule has 1 radical (unpaired) electrons. The monoisotopic (exact) mass is 669 g/mol. The number of benzene rings is 3. The molecular formula is C33H34IrNO2-. The molecule has 1 aliphatic rings. The molecule has 193 valence electrons. The van der Waals surface area contributed by atoms with Crippen LogP contribution in [0.4, 0.5) is 0 Å². The molecule has 4 aromatic rings. The van der Waals surface area contributed by atoms with E-state index in [1.807, 2.05) is 6.07 Å². The Balaban J connectivity index is 0.000000422. The van der Waals surface area contributed by atoms with Gasteiger partial charge in [0.2, 0.25) is 0 Å². The van der Waals surface area contributed by atoms with Crippen LogP contribution in [0.15, 0.2) is 78.6 Å². The fraction of sp³-hybridized carbons (Fsp3) is 0.273. The van der Waals surface area contributed by atoms with Gasteiger partial charge in [-0.25, -0.2) is 0 Å². The number of carbonyl (C=O) groups excluding carboxylic acids is 1. The van der Waals surface area contributed by atoms with Crippen LogP contribution in [0, 0.1) is 6.07 Å². The van der Waals surface area contributed by atoms with Crippen molar-refractivity contribution >= 4 is 16.7 Å². The number of fused-ring (bicyclic) bond motifs is 4. The molecule has 3 aromatic carbocycles. The Morgan fingerprint density at radius 1 is 0.946 bits per heavy atom. The minimum absolute atomic E-state index is 0. The molecule has 0 saturated heterocycles. The quantitative estimate of drug-likeness (QED) is 0.133. The van der Waals surface area contributed by atoms with E-state index in [0.717, 1.165) is 16.8 Å². The fourth-order valence-electron chi connectivity index (χ4n) is 4.80. The van der Waals surface area contributed by atoms with Crippen molar-refractivity contribution in [1.82, 2.24) is 4.98 Å². The standard InChI is InChI=1S/C28H26N.C5H8O2.Ir/c1-27(2,3)20-12-14-22-21-13-10-19(16-23(21)28(4,5)24(22)17-20)26-15-11-18-8-6-7-9-25(18)29-26;1-4(6)3-5(2)7;/h6-9,11-17H,1-5H3;3,6H,1-2H3;/q-1;;/b;4-3-;. The summed E-state index contributed by atoms with van der Waals surface area (Å²) in [6.45, 7) is 14.4. The summed E-state index contributed by atoms with van der Waals surface area (Å²) in [6, 6.07) is 27.5. The molecule has 3 nitrogen and oxygen atoms in total. The van der Waals surface area contributed by atoms with E-state index in [1.54, 1.807) is 0 Å². The number of carbonyl (C=O) groups is 1. The van der Waals surface area contributed by atoms with Gasteiger partial charge < -0.3 is 5.11 Å². The summed E-state index contributed by atoms with van der Waals surface area (Å²) in [7, 11) is 0. The Morgan fingerprint density at radius 2 is 1.62 bits per heavy atom. The number of pyridine rings is 1. The topological polar surface area (TPSA) is 50.2 Å². The van der Waals surface area contributed by atoms with Gasteiger partial charge in [0.15, 0.2) is 5.78 Å². The molecule has 0 atom stereocenters. The fourth-order valence-corrected chi connectivity index (χ4v) is 4.80. The smallest absolute Gasteiger partial charge is 0.155 e. The number of hydrogen-bond donors (Lipinski definition) is 1. The Hall–Kier alpha value is -3.07. The molecule has 0 bridgehead atoms. The molecule has 37 heavy (non-hydrogen) atoms. The number of allylic oxidation sites excluding steroid dienone is 2. The molecule has 1 aromatic heterocycles. The average molecular weight is 669 g/mol. The van der Waals surface area contributed by atoms with Crippen LogP contribution in [0.25, 0.3) is 33.3 Å². The molecule has 5 rings (SSSR count). The molecule has 0 amide bonds. The van der Waals surface area contributed by atoms with E-state index in [1.165, 1.54) is 53.1 Å². The Kier molecular flexibility index (Phi) is 8.27. The van der Waals surface area contributed by atoms with Crippen LogP contribution in [0.2, 0.25) is 0 Å². The van der Waals surface area contributed by atoms with Gasteiger partial charge in [-0.15, -0.1) is 29.3 Å². The number of para-hydroxylation sites is 1. The molecule has 1 aliphatic carbocycles. The first-order chi connectivity index (χ1) is 16.9. The minimum Gasteiger partial charge on any atom is -0.512 e. The summed E-state index contributed by atoms with van der Waals surface area (Å²) in [5.74, 6) is -0.0625. The third-order valence-electron chi connectivity index (χ3n) is 6.76. The van der Waals surface area contributed by atoms with Crippen molar-refractivity contribution in [3.05, 3.63) is 101 Å². The van der Waals surface area contributed by atoms with Gasteiger partial charge in [-0.05, 0) is 53.0 Å². The molecule has 1 heterocycles. The van der Waals surface area contributed by atoms with Crippen LogP contribution < -0.4 is 0 Å². The summed E-state index contributed by atoms with van der Waals surface area (Å²) in [5, 5.41) is 9.53. The predicted molar refractivity (Wildman–Crippen MR) is 149 cm³/mol. The largest absolute Gasteiger partial charge is 0.512 e. The van der Waals surface area contributed by atoms with E-state index in [-0.39, 0.29) is 42.5 Å². The molecule has 4 heteroatoms. The van der Waals surface area contributed by atoms with Crippen molar-refractivity contribution in [2.45, 2.75) is 59.3 Å². The second-order valence-electron chi connectivity index (χ2n) is 11.1. The van der Waals surface area contributed by atoms with Crippen LogP contribution in [-0.2, 0) is 35.7 Å².